The highest BCUT2D eigenvalue weighted by Crippen LogP contribution is 2.22. The molecule has 0 amide bonds. The Bertz CT molecular complexity index is 270. The van der Waals surface area contributed by atoms with E-state index in [9.17, 15) is 0 Å². The van der Waals surface area contributed by atoms with Gasteiger partial charge in [-0.25, -0.2) is 0 Å². The predicted molar refractivity (Wildman–Crippen MR) is 103 cm³/mol. The van der Waals surface area contributed by atoms with Crippen LogP contribution in [0.2, 0.25) is 0 Å². The first-order chi connectivity index (χ1) is 10.5. The molecule has 0 radical (unpaired) electrons. The lowest BCUT2D eigenvalue weighted by atomic mass is 9.95. The van der Waals surface area contributed by atoms with E-state index in [-0.39, 0.29) is 0 Å². The molecule has 1 heteroatoms. The number of unbranched alkanes of at least 4 members (excludes halogenated alkanes) is 2. The molecule has 0 saturated heterocycles. The summed E-state index contributed by atoms with van der Waals surface area (Å²) in [4.78, 5) is 2.70. The summed E-state index contributed by atoms with van der Waals surface area (Å²) in [7, 11) is 0. The summed E-state index contributed by atoms with van der Waals surface area (Å²) in [6.07, 6.45) is 15.7. The van der Waals surface area contributed by atoms with Gasteiger partial charge in [0.2, 0.25) is 0 Å². The van der Waals surface area contributed by atoms with Gasteiger partial charge < -0.3 is 0 Å². The Kier molecular flexibility index (Phi) is 13.0. The fourth-order valence-corrected chi connectivity index (χ4v) is 3.08. The number of rotatable bonds is 11. The second-order valence-electron chi connectivity index (χ2n) is 7.41. The Balaban J connectivity index is 0.000000518. The summed E-state index contributed by atoms with van der Waals surface area (Å²) in [5.74, 6) is 0. The van der Waals surface area contributed by atoms with Crippen LogP contribution in [0.3, 0.4) is 0 Å². The van der Waals surface area contributed by atoms with Crippen molar-refractivity contribution in [3.8, 4) is 0 Å². The summed E-state index contributed by atoms with van der Waals surface area (Å²) in [6, 6.07) is 0. The molecular formula is C21H43N. The van der Waals surface area contributed by atoms with Crippen LogP contribution in [-0.4, -0.2) is 23.5 Å². The Morgan fingerprint density at radius 3 is 1.73 bits per heavy atom. The largest absolute Gasteiger partial charge is 0.298 e. The van der Waals surface area contributed by atoms with E-state index in [0.717, 1.165) is 0 Å². The molecule has 1 rings (SSSR count). The van der Waals surface area contributed by atoms with E-state index in [1.54, 1.807) is 5.57 Å². The SMILES string of the molecule is CCCC1=CCC1.CCCCN(CCCC)C(C)(C)CCC. The maximum Gasteiger partial charge on any atom is 0.0153 e. The lowest BCUT2D eigenvalue weighted by molar-refractivity contribution is 0.106. The highest BCUT2D eigenvalue weighted by molar-refractivity contribution is 5.11. The Hall–Kier alpha value is -0.300. The fourth-order valence-electron chi connectivity index (χ4n) is 3.08. The molecule has 0 fully saturated rings. The van der Waals surface area contributed by atoms with Crippen LogP contribution >= 0.6 is 0 Å². The van der Waals surface area contributed by atoms with Gasteiger partial charge in [0, 0.05) is 5.54 Å². The zero-order valence-electron chi connectivity index (χ0n) is 16.5. The topological polar surface area (TPSA) is 3.24 Å². The third-order valence-electron chi connectivity index (χ3n) is 4.75. The van der Waals surface area contributed by atoms with Crippen molar-refractivity contribution in [2.24, 2.45) is 0 Å². The molecule has 0 aromatic heterocycles. The minimum atomic E-state index is 0.402. The molecule has 0 aromatic rings. The van der Waals surface area contributed by atoms with E-state index in [1.165, 1.54) is 77.3 Å². The molecule has 0 saturated carbocycles. The quantitative estimate of drug-likeness (QED) is 0.372. The Morgan fingerprint density at radius 2 is 1.45 bits per heavy atom. The van der Waals surface area contributed by atoms with Crippen LogP contribution < -0.4 is 0 Å². The summed E-state index contributed by atoms with van der Waals surface area (Å²) in [5.41, 5.74) is 2.08. The van der Waals surface area contributed by atoms with Gasteiger partial charge in [-0.05, 0) is 65.5 Å². The molecule has 0 atom stereocenters. The zero-order valence-corrected chi connectivity index (χ0v) is 16.5. The van der Waals surface area contributed by atoms with Crippen LogP contribution in [-0.2, 0) is 0 Å². The molecule has 1 aliphatic carbocycles. The van der Waals surface area contributed by atoms with Crippen LogP contribution in [0.5, 0.6) is 0 Å². The van der Waals surface area contributed by atoms with Crippen molar-refractivity contribution in [1.29, 1.82) is 0 Å². The standard InChI is InChI=1S/C14H31N.C7H12/c1-6-9-12-15(13-10-7-2)14(4,5)11-8-3;1-2-4-7-5-3-6-7/h6-13H2,1-5H3;5H,2-4,6H2,1H3. The third-order valence-corrected chi connectivity index (χ3v) is 4.75. The number of hydrogen-bond donors (Lipinski definition) is 0. The third kappa shape index (κ3) is 9.66. The highest BCUT2D eigenvalue weighted by atomic mass is 15.2. The molecule has 22 heavy (non-hydrogen) atoms. The molecule has 0 N–H and O–H groups in total. The summed E-state index contributed by atoms with van der Waals surface area (Å²) < 4.78 is 0. The van der Waals surface area contributed by atoms with Gasteiger partial charge in [0.15, 0.2) is 0 Å². The van der Waals surface area contributed by atoms with Crippen molar-refractivity contribution >= 4 is 0 Å². The van der Waals surface area contributed by atoms with E-state index in [4.69, 9.17) is 0 Å². The first-order valence-electron chi connectivity index (χ1n) is 9.94. The molecule has 1 aliphatic rings. The van der Waals surface area contributed by atoms with Crippen molar-refractivity contribution in [3.63, 3.8) is 0 Å². The minimum Gasteiger partial charge on any atom is -0.298 e. The van der Waals surface area contributed by atoms with E-state index >= 15 is 0 Å². The second kappa shape index (κ2) is 13.2. The first kappa shape index (κ1) is 21.7. The molecule has 0 unspecified atom stereocenters. The average Bonchev–Trinajstić information content (AvgIpc) is 2.43. The van der Waals surface area contributed by atoms with Crippen molar-refractivity contribution in [3.05, 3.63) is 11.6 Å². The monoisotopic (exact) mass is 309 g/mol. The van der Waals surface area contributed by atoms with E-state index in [1.807, 2.05) is 0 Å². The zero-order chi connectivity index (χ0) is 16.8. The molecule has 0 aliphatic heterocycles. The van der Waals surface area contributed by atoms with Gasteiger partial charge in [0.25, 0.3) is 0 Å². The summed E-state index contributed by atoms with van der Waals surface area (Å²) >= 11 is 0. The van der Waals surface area contributed by atoms with Gasteiger partial charge in [0.05, 0.1) is 0 Å². The smallest absolute Gasteiger partial charge is 0.0153 e. The Morgan fingerprint density at radius 1 is 0.909 bits per heavy atom. The van der Waals surface area contributed by atoms with E-state index in [2.05, 4.69) is 52.5 Å². The van der Waals surface area contributed by atoms with Crippen molar-refractivity contribution < 1.29 is 0 Å². The van der Waals surface area contributed by atoms with Gasteiger partial charge in [-0.1, -0.05) is 65.0 Å². The normalized spacial score (nSPS) is 14.2. The van der Waals surface area contributed by atoms with E-state index in [0.29, 0.717) is 5.54 Å². The predicted octanol–water partition coefficient (Wildman–Crippen LogP) is 6.97. The fraction of sp³-hybridized carbons (Fsp3) is 0.905. The van der Waals surface area contributed by atoms with Crippen LogP contribution in [0.4, 0.5) is 0 Å². The molecule has 0 spiro atoms. The lowest BCUT2D eigenvalue weighted by Crippen LogP contribution is -2.44. The van der Waals surface area contributed by atoms with Gasteiger partial charge in [-0.15, -0.1) is 0 Å². The van der Waals surface area contributed by atoms with Crippen molar-refractivity contribution in [1.82, 2.24) is 4.90 Å². The van der Waals surface area contributed by atoms with Gasteiger partial charge in [-0.2, -0.15) is 0 Å². The lowest BCUT2D eigenvalue weighted by Gasteiger charge is -2.39. The molecular weight excluding hydrogens is 266 g/mol. The number of nitrogens with zero attached hydrogens (tertiary/aromatic N) is 1. The summed E-state index contributed by atoms with van der Waals surface area (Å²) in [5, 5.41) is 0. The first-order valence-corrected chi connectivity index (χ1v) is 9.94. The molecule has 0 bridgehead atoms. The highest BCUT2D eigenvalue weighted by Gasteiger charge is 2.24. The van der Waals surface area contributed by atoms with Crippen LogP contribution in [0.25, 0.3) is 0 Å². The summed E-state index contributed by atoms with van der Waals surface area (Å²) in [6.45, 7) is 16.5. The number of allylic oxidation sites excluding steroid dienone is 2. The maximum atomic E-state index is 2.70. The molecule has 0 aromatic carbocycles. The van der Waals surface area contributed by atoms with Crippen LogP contribution in [0.15, 0.2) is 11.6 Å². The molecule has 132 valence electrons. The minimum absolute atomic E-state index is 0.402. The molecule has 1 nitrogen and oxygen atoms in total. The van der Waals surface area contributed by atoms with E-state index < -0.39 is 0 Å². The molecule has 0 heterocycles. The second-order valence-corrected chi connectivity index (χ2v) is 7.41. The Labute approximate surface area is 141 Å². The van der Waals surface area contributed by atoms with Gasteiger partial charge in [-0.3, -0.25) is 4.90 Å². The van der Waals surface area contributed by atoms with Gasteiger partial charge in [0.1, 0.15) is 0 Å². The van der Waals surface area contributed by atoms with Crippen LogP contribution in [0, 0.1) is 0 Å². The van der Waals surface area contributed by atoms with Crippen LogP contribution in [0.1, 0.15) is 106 Å². The van der Waals surface area contributed by atoms with Crippen molar-refractivity contribution in [2.45, 2.75) is 111 Å². The van der Waals surface area contributed by atoms with Gasteiger partial charge >= 0.3 is 0 Å². The van der Waals surface area contributed by atoms with Crippen molar-refractivity contribution in [2.75, 3.05) is 13.1 Å². The average molecular weight is 310 g/mol. The maximum absolute atomic E-state index is 2.70. The number of hydrogen-bond acceptors (Lipinski definition) is 1.